The predicted octanol–water partition coefficient (Wildman–Crippen LogP) is 7.68. The van der Waals surface area contributed by atoms with Crippen molar-refractivity contribution in [2.24, 2.45) is 11.8 Å². The summed E-state index contributed by atoms with van der Waals surface area (Å²) >= 11 is 5.48. The van der Waals surface area contributed by atoms with Gasteiger partial charge >= 0.3 is 0 Å². The van der Waals surface area contributed by atoms with Crippen LogP contribution in [0.5, 0.6) is 0 Å². The van der Waals surface area contributed by atoms with Crippen molar-refractivity contribution in [1.82, 2.24) is 0 Å². The highest BCUT2D eigenvalue weighted by Crippen LogP contribution is 2.32. The van der Waals surface area contributed by atoms with E-state index in [1.165, 1.54) is 18.4 Å². The molecule has 0 amide bonds. The van der Waals surface area contributed by atoms with E-state index in [-0.39, 0.29) is 11.1 Å². The van der Waals surface area contributed by atoms with Crippen LogP contribution in [0.2, 0.25) is 5.02 Å². The number of benzene rings is 3. The number of rotatable bonds is 3. The van der Waals surface area contributed by atoms with Crippen LogP contribution in [-0.2, 0) is 6.42 Å². The lowest BCUT2D eigenvalue weighted by molar-refractivity contribution is 0.302. The Morgan fingerprint density at radius 2 is 1.62 bits per heavy atom. The summed E-state index contributed by atoms with van der Waals surface area (Å²) in [7, 11) is 0. The van der Waals surface area contributed by atoms with Crippen molar-refractivity contribution in [3.8, 4) is 24.2 Å². The molecule has 0 aromatic heterocycles. The highest BCUT2D eigenvalue weighted by molar-refractivity contribution is 6.30. The number of halogens is 4. The Bertz CT molecular complexity index is 1230. The largest absolute Gasteiger partial charge is 0.205 e. The molecule has 0 nitrogen and oxygen atoms in total. The second kappa shape index (κ2) is 9.72. The van der Waals surface area contributed by atoms with Crippen LogP contribution in [0.3, 0.4) is 0 Å². The van der Waals surface area contributed by atoms with Crippen molar-refractivity contribution in [2.75, 3.05) is 0 Å². The minimum atomic E-state index is -0.897. The molecule has 0 unspecified atom stereocenters. The van der Waals surface area contributed by atoms with E-state index in [0.717, 1.165) is 43.2 Å². The lowest BCUT2D eigenvalue weighted by atomic mass is 9.80. The molecule has 162 valence electrons. The van der Waals surface area contributed by atoms with E-state index in [4.69, 9.17) is 18.0 Å². The van der Waals surface area contributed by atoms with Crippen LogP contribution in [0.1, 0.15) is 48.8 Å². The summed E-state index contributed by atoms with van der Waals surface area (Å²) in [5.41, 5.74) is 1.45. The molecular formula is C28H22ClF3. The van der Waals surface area contributed by atoms with Crippen molar-refractivity contribution in [1.29, 1.82) is 0 Å². The molecule has 0 radical (unpaired) electrons. The third-order valence-corrected chi connectivity index (χ3v) is 6.63. The first-order valence-electron chi connectivity index (χ1n) is 10.8. The van der Waals surface area contributed by atoms with E-state index in [2.05, 4.69) is 17.8 Å². The fourth-order valence-electron chi connectivity index (χ4n) is 4.35. The number of aryl methyl sites for hydroxylation is 1. The predicted molar refractivity (Wildman–Crippen MR) is 124 cm³/mol. The molecule has 32 heavy (non-hydrogen) atoms. The fraction of sp³-hybridized carbons (Fsp3) is 0.286. The van der Waals surface area contributed by atoms with Crippen molar-refractivity contribution in [3.05, 3.63) is 81.6 Å². The monoisotopic (exact) mass is 450 g/mol. The van der Waals surface area contributed by atoms with Gasteiger partial charge in [0.15, 0.2) is 0 Å². The molecule has 0 spiro atoms. The molecule has 1 fully saturated rings. The average Bonchev–Trinajstić information content (AvgIpc) is 2.81. The first-order valence-corrected chi connectivity index (χ1v) is 11.2. The van der Waals surface area contributed by atoms with Gasteiger partial charge in [-0.2, -0.15) is 0 Å². The van der Waals surface area contributed by atoms with Gasteiger partial charge in [0.2, 0.25) is 0 Å². The molecule has 1 aliphatic rings. The van der Waals surface area contributed by atoms with E-state index in [9.17, 15) is 13.2 Å². The number of hydrogen-bond acceptors (Lipinski definition) is 0. The molecule has 0 bridgehead atoms. The first-order chi connectivity index (χ1) is 15.4. The van der Waals surface area contributed by atoms with Crippen LogP contribution in [0, 0.1) is 53.5 Å². The summed E-state index contributed by atoms with van der Waals surface area (Å²) in [5.74, 6) is 7.05. The number of terminal acetylenes is 1. The summed E-state index contributed by atoms with van der Waals surface area (Å²) in [5, 5.41) is 0.706. The summed E-state index contributed by atoms with van der Waals surface area (Å²) in [6.07, 6.45) is 12.2. The zero-order valence-electron chi connectivity index (χ0n) is 17.5. The van der Waals surface area contributed by atoms with Gasteiger partial charge in [-0.25, -0.2) is 13.2 Å². The topological polar surface area (TPSA) is 0 Å². The Morgan fingerprint density at radius 1 is 0.906 bits per heavy atom. The van der Waals surface area contributed by atoms with Gasteiger partial charge in [0.25, 0.3) is 0 Å². The van der Waals surface area contributed by atoms with E-state index in [1.54, 1.807) is 12.1 Å². The molecule has 0 heterocycles. The Morgan fingerprint density at radius 3 is 2.31 bits per heavy atom. The molecular weight excluding hydrogens is 429 g/mol. The standard InChI is InChI=1S/C28H22ClF3/c1-2-18-3-5-19(6-4-18)7-8-20-10-14-24-23(15-20)13-12-22(28(24)32)11-9-21-16-25(30)27(29)26(31)17-21/h1,10,12-19H,3-8H2. The minimum Gasteiger partial charge on any atom is -0.205 e. The van der Waals surface area contributed by atoms with Gasteiger partial charge < -0.3 is 0 Å². The molecule has 4 rings (SSSR count). The molecule has 1 saturated carbocycles. The van der Waals surface area contributed by atoms with Gasteiger partial charge in [0.05, 0.1) is 5.56 Å². The van der Waals surface area contributed by atoms with Crippen molar-refractivity contribution in [3.63, 3.8) is 0 Å². The summed E-state index contributed by atoms with van der Waals surface area (Å²) in [6, 6.07) is 11.2. The quantitative estimate of drug-likeness (QED) is 0.283. The summed E-state index contributed by atoms with van der Waals surface area (Å²) < 4.78 is 42.2. The van der Waals surface area contributed by atoms with E-state index >= 15 is 0 Å². The van der Waals surface area contributed by atoms with Gasteiger partial charge in [-0.05, 0) is 73.6 Å². The second-order valence-electron chi connectivity index (χ2n) is 8.41. The zero-order chi connectivity index (χ0) is 22.7. The van der Waals surface area contributed by atoms with Gasteiger partial charge in [-0.3, -0.25) is 0 Å². The average molecular weight is 451 g/mol. The van der Waals surface area contributed by atoms with E-state index in [1.807, 2.05) is 18.2 Å². The highest BCUT2D eigenvalue weighted by Gasteiger charge is 2.19. The molecule has 0 aliphatic heterocycles. The molecule has 3 aromatic rings. The smallest absolute Gasteiger partial charge is 0.146 e. The lowest BCUT2D eigenvalue weighted by Crippen LogP contribution is -2.13. The number of hydrogen-bond donors (Lipinski definition) is 0. The van der Waals surface area contributed by atoms with Crippen molar-refractivity contribution < 1.29 is 13.2 Å². The van der Waals surface area contributed by atoms with Gasteiger partial charge in [-0.1, -0.05) is 47.7 Å². The number of fused-ring (bicyclic) bond motifs is 1. The molecule has 0 N–H and O–H groups in total. The second-order valence-corrected chi connectivity index (χ2v) is 8.79. The fourth-order valence-corrected chi connectivity index (χ4v) is 4.46. The molecule has 0 saturated heterocycles. The maximum Gasteiger partial charge on any atom is 0.146 e. The van der Waals surface area contributed by atoms with Crippen LogP contribution in [0.15, 0.2) is 42.5 Å². The molecule has 4 heteroatoms. The van der Waals surface area contributed by atoms with Gasteiger partial charge in [0, 0.05) is 16.9 Å². The van der Waals surface area contributed by atoms with Crippen LogP contribution in [0.25, 0.3) is 10.8 Å². The van der Waals surface area contributed by atoms with Crippen LogP contribution >= 0.6 is 11.6 Å². The van der Waals surface area contributed by atoms with Crippen molar-refractivity contribution in [2.45, 2.75) is 38.5 Å². The zero-order valence-corrected chi connectivity index (χ0v) is 18.3. The maximum atomic E-state index is 15.0. The highest BCUT2D eigenvalue weighted by atomic mass is 35.5. The summed E-state index contributed by atoms with van der Waals surface area (Å²) in [4.78, 5) is 0. The first kappa shape index (κ1) is 22.3. The molecule has 1 aliphatic carbocycles. The Balaban J connectivity index is 1.49. The molecule has 0 atom stereocenters. The SMILES string of the molecule is C#CC1CCC(CCc2ccc3c(F)c(C#Cc4cc(F)c(Cl)c(F)c4)ccc3c2)CC1. The summed E-state index contributed by atoms with van der Waals surface area (Å²) in [6.45, 7) is 0. The Kier molecular flexibility index (Phi) is 6.78. The lowest BCUT2D eigenvalue weighted by Gasteiger charge is -2.25. The normalized spacial score (nSPS) is 18.1. The van der Waals surface area contributed by atoms with Gasteiger partial charge in [0.1, 0.15) is 22.5 Å². The Hall–Kier alpha value is -2.88. The van der Waals surface area contributed by atoms with Gasteiger partial charge in [-0.15, -0.1) is 12.3 Å². The van der Waals surface area contributed by atoms with Crippen LogP contribution in [-0.4, -0.2) is 0 Å². The Labute approximate surface area is 191 Å². The third kappa shape index (κ3) is 4.95. The van der Waals surface area contributed by atoms with E-state index < -0.39 is 22.5 Å². The minimum absolute atomic E-state index is 0.0931. The van der Waals surface area contributed by atoms with Crippen LogP contribution < -0.4 is 0 Å². The maximum absolute atomic E-state index is 15.0. The third-order valence-electron chi connectivity index (χ3n) is 6.27. The van der Waals surface area contributed by atoms with Crippen LogP contribution in [0.4, 0.5) is 13.2 Å². The van der Waals surface area contributed by atoms with E-state index in [0.29, 0.717) is 17.2 Å². The molecule has 3 aromatic carbocycles. The van der Waals surface area contributed by atoms with Crippen molar-refractivity contribution >= 4 is 22.4 Å².